The van der Waals surface area contributed by atoms with E-state index < -0.39 is 4.92 Å². The van der Waals surface area contributed by atoms with Gasteiger partial charge in [0, 0.05) is 44.7 Å². The molecule has 0 N–H and O–H groups in total. The lowest BCUT2D eigenvalue weighted by molar-refractivity contribution is -0.387. The predicted molar refractivity (Wildman–Crippen MR) is 106 cm³/mol. The summed E-state index contributed by atoms with van der Waals surface area (Å²) in [6.45, 7) is 7.86. The van der Waals surface area contributed by atoms with Crippen molar-refractivity contribution in [3.8, 4) is 0 Å². The molecule has 0 aliphatic carbocycles. The van der Waals surface area contributed by atoms with E-state index in [1.807, 2.05) is 0 Å². The number of hydrogen-bond donors (Lipinski definition) is 0. The molecule has 0 atom stereocenters. The van der Waals surface area contributed by atoms with Gasteiger partial charge in [-0.25, -0.2) is 0 Å². The molecule has 0 saturated carbocycles. The predicted octanol–water partition coefficient (Wildman–Crippen LogP) is 3.43. The maximum atomic E-state index is 12.8. The average Bonchev–Trinajstić information content (AvgIpc) is 2.87. The van der Waals surface area contributed by atoms with Crippen LogP contribution in [0.3, 0.4) is 0 Å². The first kappa shape index (κ1) is 21.2. The SMILES string of the molecule is CC(=O)N1CCCN(C(=O)c2ccc(SCCC(C)C)c([N+](=O)[O-])c2)CC1. The molecule has 1 aliphatic heterocycles. The number of nitrogens with zero attached hydrogens (tertiary/aromatic N) is 3. The number of benzene rings is 1. The number of thioether (sulfide) groups is 1. The summed E-state index contributed by atoms with van der Waals surface area (Å²) in [4.78, 5) is 39.4. The van der Waals surface area contributed by atoms with Gasteiger partial charge < -0.3 is 9.80 Å². The van der Waals surface area contributed by atoms with E-state index in [4.69, 9.17) is 0 Å². The van der Waals surface area contributed by atoms with Crippen molar-refractivity contribution in [1.29, 1.82) is 0 Å². The third-order valence-electron chi connectivity index (χ3n) is 4.58. The van der Waals surface area contributed by atoms with Crippen molar-refractivity contribution in [2.75, 3.05) is 31.9 Å². The minimum absolute atomic E-state index is 0.00251. The number of nitro groups is 1. The average molecular weight is 394 g/mol. The quantitative estimate of drug-likeness (QED) is 0.420. The Morgan fingerprint density at radius 2 is 1.85 bits per heavy atom. The molecule has 148 valence electrons. The van der Waals surface area contributed by atoms with Crippen molar-refractivity contribution < 1.29 is 14.5 Å². The number of amides is 2. The van der Waals surface area contributed by atoms with Gasteiger partial charge in [-0.3, -0.25) is 19.7 Å². The summed E-state index contributed by atoms with van der Waals surface area (Å²) in [5.74, 6) is 1.12. The third-order valence-corrected chi connectivity index (χ3v) is 5.68. The highest BCUT2D eigenvalue weighted by Gasteiger charge is 2.24. The Balaban J connectivity index is 2.13. The molecule has 1 aromatic rings. The highest BCUT2D eigenvalue weighted by molar-refractivity contribution is 7.99. The molecule has 27 heavy (non-hydrogen) atoms. The second-order valence-corrected chi connectivity index (χ2v) is 8.26. The van der Waals surface area contributed by atoms with Crippen molar-refractivity contribution in [2.45, 2.75) is 38.5 Å². The van der Waals surface area contributed by atoms with Gasteiger partial charge in [-0.1, -0.05) is 13.8 Å². The van der Waals surface area contributed by atoms with Crippen LogP contribution in [0.25, 0.3) is 0 Å². The van der Waals surface area contributed by atoms with Crippen molar-refractivity contribution in [3.05, 3.63) is 33.9 Å². The zero-order valence-corrected chi connectivity index (χ0v) is 17.0. The van der Waals surface area contributed by atoms with E-state index in [1.165, 1.54) is 24.8 Å². The van der Waals surface area contributed by atoms with Gasteiger partial charge in [-0.05, 0) is 36.6 Å². The van der Waals surface area contributed by atoms with E-state index in [1.54, 1.807) is 21.9 Å². The molecule has 1 saturated heterocycles. The maximum absolute atomic E-state index is 12.8. The topological polar surface area (TPSA) is 83.8 Å². The van der Waals surface area contributed by atoms with Crippen LogP contribution >= 0.6 is 11.8 Å². The minimum Gasteiger partial charge on any atom is -0.341 e. The van der Waals surface area contributed by atoms with Gasteiger partial charge in [0.15, 0.2) is 0 Å². The molecular formula is C19H27N3O4S. The largest absolute Gasteiger partial charge is 0.341 e. The van der Waals surface area contributed by atoms with Gasteiger partial charge in [0.05, 0.1) is 9.82 Å². The summed E-state index contributed by atoms with van der Waals surface area (Å²) in [5.41, 5.74) is 0.306. The first-order chi connectivity index (χ1) is 12.8. The molecule has 1 heterocycles. The number of carbonyl (C=O) groups excluding carboxylic acids is 2. The van der Waals surface area contributed by atoms with Crippen LogP contribution in [-0.2, 0) is 4.79 Å². The van der Waals surface area contributed by atoms with Gasteiger partial charge in [-0.15, -0.1) is 11.8 Å². The van der Waals surface area contributed by atoms with Crippen LogP contribution in [0.2, 0.25) is 0 Å². The molecule has 2 rings (SSSR count). The Hall–Kier alpha value is -2.09. The lowest BCUT2D eigenvalue weighted by Gasteiger charge is -2.21. The van der Waals surface area contributed by atoms with E-state index in [-0.39, 0.29) is 17.5 Å². The van der Waals surface area contributed by atoms with Crippen molar-refractivity contribution in [3.63, 3.8) is 0 Å². The molecule has 0 radical (unpaired) electrons. The fraction of sp³-hybridized carbons (Fsp3) is 0.579. The molecule has 0 bridgehead atoms. The molecule has 0 aromatic heterocycles. The van der Waals surface area contributed by atoms with Gasteiger partial charge in [0.25, 0.3) is 11.6 Å². The fourth-order valence-corrected chi connectivity index (χ4v) is 4.19. The summed E-state index contributed by atoms with van der Waals surface area (Å²) < 4.78 is 0. The summed E-state index contributed by atoms with van der Waals surface area (Å²) >= 11 is 1.46. The number of carbonyl (C=O) groups is 2. The van der Waals surface area contributed by atoms with Crippen LogP contribution < -0.4 is 0 Å². The lowest BCUT2D eigenvalue weighted by atomic mass is 10.1. The van der Waals surface area contributed by atoms with E-state index in [0.717, 1.165) is 12.2 Å². The van der Waals surface area contributed by atoms with Crippen LogP contribution in [0.4, 0.5) is 5.69 Å². The Morgan fingerprint density at radius 1 is 1.19 bits per heavy atom. The molecular weight excluding hydrogens is 366 g/mol. The van der Waals surface area contributed by atoms with E-state index >= 15 is 0 Å². The van der Waals surface area contributed by atoms with E-state index in [0.29, 0.717) is 49.0 Å². The fourth-order valence-electron chi connectivity index (χ4n) is 2.94. The first-order valence-corrected chi connectivity index (χ1v) is 10.2. The van der Waals surface area contributed by atoms with Crippen LogP contribution in [0.15, 0.2) is 23.1 Å². The van der Waals surface area contributed by atoms with Crippen LogP contribution in [-0.4, -0.2) is 58.5 Å². The van der Waals surface area contributed by atoms with Crippen LogP contribution in [0.5, 0.6) is 0 Å². The Morgan fingerprint density at radius 3 is 2.48 bits per heavy atom. The zero-order chi connectivity index (χ0) is 20.0. The molecule has 0 unspecified atom stereocenters. The normalized spacial score (nSPS) is 15.0. The van der Waals surface area contributed by atoms with Gasteiger partial charge in [0.2, 0.25) is 5.91 Å². The van der Waals surface area contributed by atoms with Crippen molar-refractivity contribution >= 4 is 29.3 Å². The second kappa shape index (κ2) is 9.73. The second-order valence-electron chi connectivity index (χ2n) is 7.12. The molecule has 1 fully saturated rings. The Bertz CT molecular complexity index is 708. The standard InChI is InChI=1S/C19H27N3O4S/c1-14(2)7-12-27-18-6-5-16(13-17(18)22(25)26)19(24)21-9-4-8-20(10-11-21)15(3)23/h5-6,13-14H,4,7-12H2,1-3H3. The van der Waals surface area contributed by atoms with E-state index in [9.17, 15) is 19.7 Å². The molecule has 2 amide bonds. The van der Waals surface area contributed by atoms with Crippen LogP contribution in [0.1, 0.15) is 44.0 Å². The van der Waals surface area contributed by atoms with Gasteiger partial charge >= 0.3 is 0 Å². The molecule has 1 aromatic carbocycles. The summed E-state index contributed by atoms with van der Waals surface area (Å²) in [5, 5.41) is 11.5. The zero-order valence-electron chi connectivity index (χ0n) is 16.1. The maximum Gasteiger partial charge on any atom is 0.283 e. The third kappa shape index (κ3) is 5.95. The summed E-state index contributed by atoms with van der Waals surface area (Å²) in [6.07, 6.45) is 1.68. The van der Waals surface area contributed by atoms with Crippen molar-refractivity contribution in [2.24, 2.45) is 5.92 Å². The van der Waals surface area contributed by atoms with E-state index in [2.05, 4.69) is 13.8 Å². The Labute approximate surface area is 164 Å². The molecule has 0 spiro atoms. The number of nitro benzene ring substituents is 1. The first-order valence-electron chi connectivity index (χ1n) is 9.25. The highest BCUT2D eigenvalue weighted by atomic mass is 32.2. The number of rotatable bonds is 6. The highest BCUT2D eigenvalue weighted by Crippen LogP contribution is 2.31. The summed E-state index contributed by atoms with van der Waals surface area (Å²) in [6, 6.07) is 4.73. The monoisotopic (exact) mass is 393 g/mol. The van der Waals surface area contributed by atoms with Crippen molar-refractivity contribution in [1.82, 2.24) is 9.80 Å². The molecule has 7 nitrogen and oxygen atoms in total. The van der Waals surface area contributed by atoms with Crippen LogP contribution in [0, 0.1) is 16.0 Å². The lowest BCUT2D eigenvalue weighted by Crippen LogP contribution is -2.36. The summed E-state index contributed by atoms with van der Waals surface area (Å²) in [7, 11) is 0. The van der Waals surface area contributed by atoms with Gasteiger partial charge in [0.1, 0.15) is 0 Å². The Kier molecular flexibility index (Phi) is 7.65. The number of hydrogen-bond acceptors (Lipinski definition) is 5. The molecule has 1 aliphatic rings. The van der Waals surface area contributed by atoms with Gasteiger partial charge in [-0.2, -0.15) is 0 Å². The minimum atomic E-state index is -0.422. The smallest absolute Gasteiger partial charge is 0.283 e. The molecule has 8 heteroatoms.